The Morgan fingerprint density at radius 3 is 2.78 bits per heavy atom. The first-order valence-corrected chi connectivity index (χ1v) is 6.19. The van der Waals surface area contributed by atoms with Crippen LogP contribution in [0.5, 0.6) is 5.75 Å². The van der Waals surface area contributed by atoms with E-state index in [0.29, 0.717) is 29.5 Å². The van der Waals surface area contributed by atoms with Gasteiger partial charge in [-0.15, -0.1) is 0 Å². The summed E-state index contributed by atoms with van der Waals surface area (Å²) in [5.74, 6) is 0.424. The zero-order valence-corrected chi connectivity index (χ0v) is 11.2. The molecule has 0 fully saturated rings. The molecular formula is C14H21NO3. The van der Waals surface area contributed by atoms with Gasteiger partial charge in [0, 0.05) is 0 Å². The summed E-state index contributed by atoms with van der Waals surface area (Å²) in [6.07, 6.45) is 2.19. The predicted octanol–water partition coefficient (Wildman–Crippen LogP) is 2.87. The van der Waals surface area contributed by atoms with Gasteiger partial charge in [0.05, 0.1) is 19.4 Å². The fraction of sp³-hybridized carbons (Fsp3) is 0.500. The predicted molar refractivity (Wildman–Crippen MR) is 71.8 cm³/mol. The van der Waals surface area contributed by atoms with E-state index in [1.165, 1.54) is 7.11 Å². The van der Waals surface area contributed by atoms with Gasteiger partial charge in [0.1, 0.15) is 5.56 Å². The van der Waals surface area contributed by atoms with Crippen molar-refractivity contribution < 1.29 is 14.3 Å². The Morgan fingerprint density at radius 2 is 2.17 bits per heavy atom. The zero-order valence-electron chi connectivity index (χ0n) is 11.2. The summed E-state index contributed by atoms with van der Waals surface area (Å²) in [5, 5.41) is 0. The standard InChI is InChI=1S/C14H21NO3/c1-4-6-10(2)9-18-13-11(14(16)17-3)7-5-8-12(13)15/h5,7-8,10H,4,6,9,15H2,1-3H3. The summed E-state index contributed by atoms with van der Waals surface area (Å²) in [4.78, 5) is 11.6. The lowest BCUT2D eigenvalue weighted by molar-refractivity contribution is 0.0595. The van der Waals surface area contributed by atoms with Crippen LogP contribution in [0.25, 0.3) is 0 Å². The van der Waals surface area contributed by atoms with Gasteiger partial charge in [0.25, 0.3) is 0 Å². The number of nitrogens with two attached hydrogens (primary N) is 1. The maximum atomic E-state index is 11.6. The average molecular weight is 251 g/mol. The molecule has 1 unspecified atom stereocenters. The van der Waals surface area contributed by atoms with Crippen LogP contribution in [0, 0.1) is 5.92 Å². The third-order valence-corrected chi connectivity index (χ3v) is 2.74. The Kier molecular flexibility index (Phi) is 5.49. The molecule has 1 atom stereocenters. The van der Waals surface area contributed by atoms with E-state index in [4.69, 9.17) is 15.2 Å². The number of ether oxygens (including phenoxy) is 2. The highest BCUT2D eigenvalue weighted by atomic mass is 16.5. The Morgan fingerprint density at radius 1 is 1.44 bits per heavy atom. The van der Waals surface area contributed by atoms with Crippen molar-refractivity contribution in [2.75, 3.05) is 19.5 Å². The fourth-order valence-electron chi connectivity index (χ4n) is 1.79. The Hall–Kier alpha value is -1.71. The summed E-state index contributed by atoms with van der Waals surface area (Å²) in [6, 6.07) is 5.08. The number of esters is 1. The van der Waals surface area contributed by atoms with Crippen molar-refractivity contribution in [3.05, 3.63) is 23.8 Å². The van der Waals surface area contributed by atoms with Crippen LogP contribution in [-0.4, -0.2) is 19.7 Å². The molecule has 2 N–H and O–H groups in total. The molecular weight excluding hydrogens is 230 g/mol. The van der Waals surface area contributed by atoms with Gasteiger partial charge in [0.2, 0.25) is 0 Å². The number of methoxy groups -OCH3 is 1. The van der Waals surface area contributed by atoms with Crippen molar-refractivity contribution in [3.8, 4) is 5.75 Å². The fourth-order valence-corrected chi connectivity index (χ4v) is 1.79. The van der Waals surface area contributed by atoms with Crippen molar-refractivity contribution in [2.45, 2.75) is 26.7 Å². The highest BCUT2D eigenvalue weighted by molar-refractivity contribution is 5.94. The highest BCUT2D eigenvalue weighted by Crippen LogP contribution is 2.27. The van der Waals surface area contributed by atoms with Crippen molar-refractivity contribution >= 4 is 11.7 Å². The number of carbonyl (C=O) groups excluding carboxylic acids is 1. The van der Waals surface area contributed by atoms with Gasteiger partial charge in [-0.3, -0.25) is 0 Å². The number of hydrogen-bond acceptors (Lipinski definition) is 4. The minimum atomic E-state index is -0.430. The van der Waals surface area contributed by atoms with Crippen molar-refractivity contribution in [2.24, 2.45) is 5.92 Å². The van der Waals surface area contributed by atoms with E-state index in [1.807, 2.05) is 0 Å². The van der Waals surface area contributed by atoms with E-state index in [1.54, 1.807) is 18.2 Å². The molecule has 18 heavy (non-hydrogen) atoms. The lowest BCUT2D eigenvalue weighted by Crippen LogP contribution is -2.13. The van der Waals surface area contributed by atoms with Gasteiger partial charge in [-0.25, -0.2) is 4.79 Å². The van der Waals surface area contributed by atoms with Gasteiger partial charge in [-0.05, 0) is 24.5 Å². The monoisotopic (exact) mass is 251 g/mol. The van der Waals surface area contributed by atoms with E-state index in [9.17, 15) is 4.79 Å². The quantitative estimate of drug-likeness (QED) is 0.623. The first-order valence-electron chi connectivity index (χ1n) is 6.19. The molecule has 0 aromatic heterocycles. The normalized spacial score (nSPS) is 11.9. The second kappa shape index (κ2) is 6.89. The van der Waals surface area contributed by atoms with Gasteiger partial charge in [0.15, 0.2) is 5.75 Å². The molecule has 1 rings (SSSR count). The van der Waals surface area contributed by atoms with Gasteiger partial charge < -0.3 is 15.2 Å². The van der Waals surface area contributed by atoms with Crippen LogP contribution in [0.2, 0.25) is 0 Å². The largest absolute Gasteiger partial charge is 0.490 e. The molecule has 0 heterocycles. The van der Waals surface area contributed by atoms with E-state index in [-0.39, 0.29) is 0 Å². The molecule has 0 bridgehead atoms. The number of hydrogen-bond donors (Lipinski definition) is 1. The molecule has 4 nitrogen and oxygen atoms in total. The maximum absolute atomic E-state index is 11.6. The van der Waals surface area contributed by atoms with Crippen LogP contribution in [0.1, 0.15) is 37.0 Å². The molecule has 0 radical (unpaired) electrons. The van der Waals surface area contributed by atoms with Gasteiger partial charge >= 0.3 is 5.97 Å². The number of para-hydroxylation sites is 1. The molecule has 0 spiro atoms. The van der Waals surface area contributed by atoms with Crippen LogP contribution in [-0.2, 0) is 4.74 Å². The minimum Gasteiger partial charge on any atom is -0.490 e. The third kappa shape index (κ3) is 3.65. The first kappa shape index (κ1) is 14.4. The van der Waals surface area contributed by atoms with Crippen molar-refractivity contribution in [1.29, 1.82) is 0 Å². The Bertz CT molecular complexity index is 404. The van der Waals surface area contributed by atoms with Gasteiger partial charge in [-0.1, -0.05) is 26.3 Å². The molecule has 0 amide bonds. The van der Waals surface area contributed by atoms with Gasteiger partial charge in [-0.2, -0.15) is 0 Å². The number of rotatable bonds is 6. The van der Waals surface area contributed by atoms with Crippen LogP contribution in [0.4, 0.5) is 5.69 Å². The van der Waals surface area contributed by atoms with Crippen LogP contribution in [0.3, 0.4) is 0 Å². The second-order valence-corrected chi connectivity index (χ2v) is 4.42. The summed E-state index contributed by atoms with van der Waals surface area (Å²) in [7, 11) is 1.34. The first-order chi connectivity index (χ1) is 8.60. The minimum absolute atomic E-state index is 0.376. The molecule has 0 aliphatic carbocycles. The molecule has 0 aliphatic rings. The molecule has 0 saturated heterocycles. The maximum Gasteiger partial charge on any atom is 0.341 e. The molecule has 0 aliphatic heterocycles. The Labute approximate surface area is 108 Å². The Balaban J connectivity index is 2.83. The third-order valence-electron chi connectivity index (χ3n) is 2.74. The lowest BCUT2D eigenvalue weighted by Gasteiger charge is -2.15. The van der Waals surface area contributed by atoms with Crippen LogP contribution < -0.4 is 10.5 Å². The van der Waals surface area contributed by atoms with E-state index < -0.39 is 5.97 Å². The summed E-state index contributed by atoms with van der Waals surface area (Å²) >= 11 is 0. The lowest BCUT2D eigenvalue weighted by atomic mass is 10.1. The van der Waals surface area contributed by atoms with Crippen LogP contribution >= 0.6 is 0 Å². The topological polar surface area (TPSA) is 61.5 Å². The molecule has 0 saturated carbocycles. The number of anilines is 1. The summed E-state index contributed by atoms with van der Waals surface area (Å²) in [6.45, 7) is 4.79. The van der Waals surface area contributed by atoms with E-state index in [0.717, 1.165) is 12.8 Å². The number of benzene rings is 1. The van der Waals surface area contributed by atoms with E-state index >= 15 is 0 Å². The summed E-state index contributed by atoms with van der Waals surface area (Å²) < 4.78 is 10.4. The SMILES string of the molecule is CCCC(C)COc1c(N)cccc1C(=O)OC. The summed E-state index contributed by atoms with van der Waals surface area (Å²) in [5.41, 5.74) is 6.68. The van der Waals surface area contributed by atoms with Crippen molar-refractivity contribution in [1.82, 2.24) is 0 Å². The molecule has 1 aromatic carbocycles. The number of nitrogen functional groups attached to an aromatic ring is 1. The zero-order chi connectivity index (χ0) is 13.5. The highest BCUT2D eigenvalue weighted by Gasteiger charge is 2.16. The second-order valence-electron chi connectivity index (χ2n) is 4.42. The van der Waals surface area contributed by atoms with Crippen molar-refractivity contribution in [3.63, 3.8) is 0 Å². The average Bonchev–Trinajstić information content (AvgIpc) is 2.36. The smallest absolute Gasteiger partial charge is 0.341 e. The molecule has 4 heteroatoms. The number of carbonyl (C=O) groups is 1. The molecule has 100 valence electrons. The van der Waals surface area contributed by atoms with E-state index in [2.05, 4.69) is 13.8 Å². The van der Waals surface area contributed by atoms with Crippen LogP contribution in [0.15, 0.2) is 18.2 Å². The molecule has 1 aromatic rings.